The summed E-state index contributed by atoms with van der Waals surface area (Å²) in [6.07, 6.45) is 0.918. The quantitative estimate of drug-likeness (QED) is 0.607. The summed E-state index contributed by atoms with van der Waals surface area (Å²) < 4.78 is 28.2. The fourth-order valence-corrected chi connectivity index (χ4v) is 2.27. The van der Waals surface area contributed by atoms with Gasteiger partial charge in [-0.05, 0) is 31.5 Å². The van der Waals surface area contributed by atoms with Crippen LogP contribution in [0.25, 0.3) is 0 Å². The zero-order valence-corrected chi connectivity index (χ0v) is 10.5. The molecule has 0 aromatic heterocycles. The SMILES string of the molecule is CCOC(=O)/C=C\S(=O)(=O)c1cccc(C)c1. The molecule has 0 saturated carbocycles. The van der Waals surface area contributed by atoms with Gasteiger partial charge in [0.05, 0.1) is 11.5 Å². The lowest BCUT2D eigenvalue weighted by molar-refractivity contribution is -0.137. The number of aryl methyl sites for hydroxylation is 1. The Morgan fingerprint density at radius 1 is 1.41 bits per heavy atom. The molecule has 0 unspecified atom stereocenters. The molecule has 0 fully saturated rings. The van der Waals surface area contributed by atoms with Gasteiger partial charge in [0.15, 0.2) is 9.84 Å². The summed E-state index contributed by atoms with van der Waals surface area (Å²) in [6, 6.07) is 6.48. The molecule has 0 aliphatic rings. The van der Waals surface area contributed by atoms with E-state index in [1.54, 1.807) is 32.0 Å². The van der Waals surface area contributed by atoms with Crippen LogP contribution in [-0.4, -0.2) is 21.0 Å². The van der Waals surface area contributed by atoms with Gasteiger partial charge in [0.1, 0.15) is 0 Å². The molecular weight excluding hydrogens is 240 g/mol. The first-order valence-electron chi connectivity index (χ1n) is 5.12. The highest BCUT2D eigenvalue weighted by atomic mass is 32.2. The lowest BCUT2D eigenvalue weighted by Gasteiger charge is -2.00. The molecule has 0 atom stereocenters. The Balaban J connectivity index is 2.93. The number of ether oxygens (including phenoxy) is 1. The molecule has 1 rings (SSSR count). The highest BCUT2D eigenvalue weighted by Gasteiger charge is 2.10. The highest BCUT2D eigenvalue weighted by molar-refractivity contribution is 7.94. The van der Waals surface area contributed by atoms with Gasteiger partial charge in [-0.1, -0.05) is 12.1 Å². The van der Waals surface area contributed by atoms with E-state index >= 15 is 0 Å². The van der Waals surface area contributed by atoms with Gasteiger partial charge in [-0.15, -0.1) is 0 Å². The van der Waals surface area contributed by atoms with E-state index in [2.05, 4.69) is 4.74 Å². The van der Waals surface area contributed by atoms with Gasteiger partial charge >= 0.3 is 5.97 Å². The summed E-state index contributed by atoms with van der Waals surface area (Å²) in [4.78, 5) is 11.2. The maximum absolute atomic E-state index is 11.8. The Kier molecular flexibility index (Phi) is 4.45. The summed E-state index contributed by atoms with van der Waals surface area (Å²) in [5.41, 5.74) is 0.843. The van der Waals surface area contributed by atoms with Crippen molar-refractivity contribution in [3.05, 3.63) is 41.3 Å². The Bertz CT molecular complexity index is 529. The molecule has 0 radical (unpaired) electrons. The Hall–Kier alpha value is -1.62. The van der Waals surface area contributed by atoms with Crippen molar-refractivity contribution >= 4 is 15.8 Å². The highest BCUT2D eigenvalue weighted by Crippen LogP contribution is 2.13. The van der Waals surface area contributed by atoms with Crippen molar-refractivity contribution < 1.29 is 17.9 Å². The van der Waals surface area contributed by atoms with Gasteiger partial charge in [0, 0.05) is 11.5 Å². The molecular formula is C12H14O4S. The average Bonchev–Trinajstić information content (AvgIpc) is 2.27. The molecule has 4 nitrogen and oxygen atoms in total. The minimum Gasteiger partial charge on any atom is -0.463 e. The number of carbonyl (C=O) groups excluding carboxylic acids is 1. The predicted octanol–water partition coefficient (Wildman–Crippen LogP) is 1.85. The van der Waals surface area contributed by atoms with Crippen LogP contribution < -0.4 is 0 Å². The summed E-state index contributed by atoms with van der Waals surface area (Å²) in [5.74, 6) is -0.663. The summed E-state index contributed by atoms with van der Waals surface area (Å²) in [7, 11) is -3.58. The molecule has 1 aromatic rings. The normalized spacial score (nSPS) is 11.6. The van der Waals surface area contributed by atoms with Crippen LogP contribution in [0.15, 0.2) is 40.6 Å². The molecule has 0 amide bonds. The molecule has 0 aliphatic carbocycles. The lowest BCUT2D eigenvalue weighted by Crippen LogP contribution is -2.02. The van der Waals surface area contributed by atoms with Gasteiger partial charge in [0.2, 0.25) is 0 Å². The van der Waals surface area contributed by atoms with Crippen LogP contribution in [0.1, 0.15) is 12.5 Å². The Morgan fingerprint density at radius 3 is 2.71 bits per heavy atom. The molecule has 92 valence electrons. The van der Waals surface area contributed by atoms with E-state index < -0.39 is 15.8 Å². The van der Waals surface area contributed by atoms with Crippen molar-refractivity contribution in [1.82, 2.24) is 0 Å². The third-order valence-corrected chi connectivity index (χ3v) is 3.39. The van der Waals surface area contributed by atoms with Crippen molar-refractivity contribution in [3.63, 3.8) is 0 Å². The van der Waals surface area contributed by atoms with E-state index in [1.165, 1.54) is 6.07 Å². The second-order valence-corrected chi connectivity index (χ2v) is 5.25. The molecule has 0 bridgehead atoms. The third kappa shape index (κ3) is 4.03. The van der Waals surface area contributed by atoms with Gasteiger partial charge in [0.25, 0.3) is 0 Å². The second kappa shape index (κ2) is 5.63. The van der Waals surface area contributed by atoms with Crippen molar-refractivity contribution in [1.29, 1.82) is 0 Å². The van der Waals surface area contributed by atoms with E-state index in [0.717, 1.165) is 17.0 Å². The first kappa shape index (κ1) is 13.4. The van der Waals surface area contributed by atoms with Crippen LogP contribution in [0.4, 0.5) is 0 Å². The molecule has 0 aliphatic heterocycles. The molecule has 0 saturated heterocycles. The minimum absolute atomic E-state index is 0.165. The van der Waals surface area contributed by atoms with Gasteiger partial charge in [-0.25, -0.2) is 13.2 Å². The average molecular weight is 254 g/mol. The zero-order valence-electron chi connectivity index (χ0n) is 9.71. The van der Waals surface area contributed by atoms with Gasteiger partial charge in [-0.3, -0.25) is 0 Å². The van der Waals surface area contributed by atoms with Gasteiger partial charge < -0.3 is 4.74 Å². The largest absolute Gasteiger partial charge is 0.463 e. The van der Waals surface area contributed by atoms with Crippen LogP contribution in [0.3, 0.4) is 0 Å². The first-order valence-corrected chi connectivity index (χ1v) is 6.67. The summed E-state index contributed by atoms with van der Waals surface area (Å²) in [5, 5.41) is 0.861. The van der Waals surface area contributed by atoms with Gasteiger partial charge in [-0.2, -0.15) is 0 Å². The molecule has 17 heavy (non-hydrogen) atoms. The predicted molar refractivity (Wildman–Crippen MR) is 64.1 cm³/mol. The van der Waals surface area contributed by atoms with Crippen LogP contribution in [0.5, 0.6) is 0 Å². The molecule has 1 aromatic carbocycles. The molecule has 0 N–H and O–H groups in total. The van der Waals surface area contributed by atoms with Crippen LogP contribution >= 0.6 is 0 Å². The fourth-order valence-electron chi connectivity index (χ4n) is 1.21. The Labute approximate surface area is 101 Å². The number of rotatable bonds is 4. The Morgan fingerprint density at radius 2 is 2.12 bits per heavy atom. The van der Waals surface area contributed by atoms with E-state index in [-0.39, 0.29) is 11.5 Å². The van der Waals surface area contributed by atoms with Crippen LogP contribution in [0.2, 0.25) is 0 Å². The second-order valence-electron chi connectivity index (χ2n) is 3.42. The van der Waals surface area contributed by atoms with Crippen molar-refractivity contribution in [2.75, 3.05) is 6.61 Å². The number of sulfone groups is 1. The smallest absolute Gasteiger partial charge is 0.331 e. The third-order valence-electron chi connectivity index (χ3n) is 1.99. The number of hydrogen-bond donors (Lipinski definition) is 0. The topological polar surface area (TPSA) is 60.4 Å². The summed E-state index contributed by atoms with van der Waals surface area (Å²) in [6.45, 7) is 3.67. The van der Waals surface area contributed by atoms with E-state index in [4.69, 9.17) is 0 Å². The van der Waals surface area contributed by atoms with E-state index in [1.807, 2.05) is 0 Å². The number of esters is 1. The molecule has 0 spiro atoms. The lowest BCUT2D eigenvalue weighted by atomic mass is 10.2. The first-order chi connectivity index (χ1) is 7.95. The number of hydrogen-bond acceptors (Lipinski definition) is 4. The maximum atomic E-state index is 11.8. The fraction of sp³-hybridized carbons (Fsp3) is 0.250. The maximum Gasteiger partial charge on any atom is 0.331 e. The van der Waals surface area contributed by atoms with Crippen molar-refractivity contribution in [3.8, 4) is 0 Å². The molecule has 5 heteroatoms. The number of benzene rings is 1. The van der Waals surface area contributed by atoms with Crippen LogP contribution in [-0.2, 0) is 19.4 Å². The van der Waals surface area contributed by atoms with Crippen molar-refractivity contribution in [2.24, 2.45) is 0 Å². The minimum atomic E-state index is -3.58. The standard InChI is InChI=1S/C12H14O4S/c1-3-16-12(13)7-8-17(14,15)11-6-4-5-10(2)9-11/h4-9H,3H2,1-2H3/b8-7-. The monoisotopic (exact) mass is 254 g/mol. The molecule has 0 heterocycles. The summed E-state index contributed by atoms with van der Waals surface area (Å²) >= 11 is 0. The van der Waals surface area contributed by atoms with E-state index in [0.29, 0.717) is 0 Å². The van der Waals surface area contributed by atoms with Crippen LogP contribution in [0, 0.1) is 6.92 Å². The zero-order chi connectivity index (χ0) is 12.9. The van der Waals surface area contributed by atoms with E-state index in [9.17, 15) is 13.2 Å². The van der Waals surface area contributed by atoms with Crippen molar-refractivity contribution in [2.45, 2.75) is 18.7 Å². The number of carbonyl (C=O) groups is 1.